The highest BCUT2D eigenvalue weighted by atomic mass is 16.5. The van der Waals surface area contributed by atoms with Crippen molar-refractivity contribution in [1.29, 1.82) is 0 Å². The Morgan fingerprint density at radius 1 is 1.35 bits per heavy atom. The van der Waals surface area contributed by atoms with E-state index in [1.165, 1.54) is 10.9 Å². The number of nitrogens with one attached hydrogen (secondary N) is 1. The number of likely N-dealkylation sites (N-methyl/N-ethyl adjacent to an activating group) is 1. The zero-order valence-electron chi connectivity index (χ0n) is 12.5. The highest BCUT2D eigenvalue weighted by Crippen LogP contribution is 2.33. The van der Waals surface area contributed by atoms with Gasteiger partial charge in [0.25, 0.3) is 0 Å². The lowest BCUT2D eigenvalue weighted by atomic mass is 10.0. The van der Waals surface area contributed by atoms with E-state index in [-0.39, 0.29) is 12.1 Å². The van der Waals surface area contributed by atoms with Gasteiger partial charge >= 0.3 is 0 Å². The second kappa shape index (κ2) is 5.58. The van der Waals surface area contributed by atoms with Crippen LogP contribution in [0.2, 0.25) is 0 Å². The fourth-order valence-corrected chi connectivity index (χ4v) is 3.10. The Balaban J connectivity index is 1.94. The number of hydrogen-bond acceptors (Lipinski definition) is 3. The first kappa shape index (κ1) is 13.7. The summed E-state index contributed by atoms with van der Waals surface area (Å²) in [5, 5.41) is 4.70. The quantitative estimate of drug-likeness (QED) is 0.915. The minimum absolute atomic E-state index is 0.150. The predicted molar refractivity (Wildman–Crippen MR) is 80.9 cm³/mol. The van der Waals surface area contributed by atoms with Crippen LogP contribution >= 0.6 is 0 Å². The summed E-state index contributed by atoms with van der Waals surface area (Å²) in [5.74, 6) is 0.996. The molecule has 0 spiro atoms. The summed E-state index contributed by atoms with van der Waals surface area (Å²) in [7, 11) is 0. The summed E-state index contributed by atoms with van der Waals surface area (Å²) in [5.41, 5.74) is 2.18. The maximum Gasteiger partial charge on any atom is 0.137 e. The molecule has 0 radical (unpaired) electrons. The summed E-state index contributed by atoms with van der Waals surface area (Å²) in [4.78, 5) is 0. The van der Waals surface area contributed by atoms with Gasteiger partial charge in [0.1, 0.15) is 11.3 Å². The topological polar surface area (TPSA) is 34.4 Å². The van der Waals surface area contributed by atoms with E-state index in [0.29, 0.717) is 6.10 Å². The molecule has 3 unspecified atom stereocenters. The van der Waals surface area contributed by atoms with E-state index in [1.807, 2.05) is 0 Å². The summed E-state index contributed by atoms with van der Waals surface area (Å²) in [6.07, 6.45) is 2.79. The third-order valence-corrected chi connectivity index (χ3v) is 4.13. The van der Waals surface area contributed by atoms with Crippen molar-refractivity contribution >= 4 is 11.0 Å². The molecule has 1 N–H and O–H groups in total. The Kier molecular flexibility index (Phi) is 3.81. The molecule has 3 atom stereocenters. The van der Waals surface area contributed by atoms with Crippen molar-refractivity contribution in [2.45, 2.75) is 51.9 Å². The van der Waals surface area contributed by atoms with E-state index >= 15 is 0 Å². The van der Waals surface area contributed by atoms with Crippen LogP contribution in [0.25, 0.3) is 11.0 Å². The number of furan rings is 1. The van der Waals surface area contributed by atoms with Gasteiger partial charge in [-0.05, 0) is 44.9 Å². The van der Waals surface area contributed by atoms with Gasteiger partial charge < -0.3 is 14.5 Å². The van der Waals surface area contributed by atoms with Crippen molar-refractivity contribution in [2.75, 3.05) is 6.54 Å². The Bertz CT molecular complexity index is 590. The number of para-hydroxylation sites is 1. The van der Waals surface area contributed by atoms with Crippen LogP contribution in [0.15, 0.2) is 28.7 Å². The molecule has 2 aromatic rings. The first-order valence-corrected chi connectivity index (χ1v) is 7.57. The lowest BCUT2D eigenvalue weighted by Crippen LogP contribution is -2.31. The lowest BCUT2D eigenvalue weighted by Gasteiger charge is -2.22. The molecule has 1 fully saturated rings. The van der Waals surface area contributed by atoms with Crippen LogP contribution in [0, 0.1) is 6.92 Å². The van der Waals surface area contributed by atoms with Crippen molar-refractivity contribution in [3.8, 4) is 0 Å². The average molecular weight is 273 g/mol. The molecule has 3 heteroatoms. The number of hydrogen-bond donors (Lipinski definition) is 1. The average Bonchev–Trinajstić information content (AvgIpc) is 3.03. The van der Waals surface area contributed by atoms with Crippen molar-refractivity contribution < 1.29 is 9.15 Å². The molecule has 108 valence electrons. The van der Waals surface area contributed by atoms with Crippen LogP contribution in [0.4, 0.5) is 0 Å². The largest absolute Gasteiger partial charge is 0.459 e. The van der Waals surface area contributed by atoms with Gasteiger partial charge in [-0.25, -0.2) is 0 Å². The Labute approximate surface area is 120 Å². The molecule has 3 nitrogen and oxygen atoms in total. The third-order valence-electron chi connectivity index (χ3n) is 4.13. The van der Waals surface area contributed by atoms with Crippen LogP contribution < -0.4 is 5.32 Å². The maximum atomic E-state index is 6.12. The molecule has 1 aromatic heterocycles. The van der Waals surface area contributed by atoms with Gasteiger partial charge in [-0.2, -0.15) is 0 Å². The molecule has 3 rings (SSSR count). The molecule has 2 heterocycles. The predicted octanol–water partition coefficient (Wildman–Crippen LogP) is 3.96. The first-order chi connectivity index (χ1) is 9.69. The zero-order chi connectivity index (χ0) is 14.1. The van der Waals surface area contributed by atoms with Crippen LogP contribution in [0.3, 0.4) is 0 Å². The highest BCUT2D eigenvalue weighted by molar-refractivity contribution is 5.81. The summed E-state index contributed by atoms with van der Waals surface area (Å²) in [6.45, 7) is 7.27. The van der Waals surface area contributed by atoms with E-state index in [0.717, 1.165) is 30.7 Å². The molecule has 1 saturated heterocycles. The van der Waals surface area contributed by atoms with Gasteiger partial charge in [0.05, 0.1) is 18.2 Å². The fourth-order valence-electron chi connectivity index (χ4n) is 3.10. The number of fused-ring (bicyclic) bond motifs is 1. The van der Waals surface area contributed by atoms with Gasteiger partial charge in [0, 0.05) is 5.39 Å². The molecule has 0 saturated carbocycles. The van der Waals surface area contributed by atoms with Crippen molar-refractivity contribution in [3.05, 3.63) is 35.6 Å². The lowest BCUT2D eigenvalue weighted by molar-refractivity contribution is 0.0275. The van der Waals surface area contributed by atoms with Crippen molar-refractivity contribution in [2.24, 2.45) is 0 Å². The number of ether oxygens (including phenoxy) is 1. The monoisotopic (exact) mass is 273 g/mol. The van der Waals surface area contributed by atoms with Gasteiger partial charge in [0.15, 0.2) is 0 Å². The second-order valence-corrected chi connectivity index (χ2v) is 5.74. The molecule has 1 aliphatic rings. The van der Waals surface area contributed by atoms with Crippen LogP contribution in [-0.2, 0) is 4.74 Å². The van der Waals surface area contributed by atoms with E-state index in [9.17, 15) is 0 Å². The van der Waals surface area contributed by atoms with Gasteiger partial charge in [-0.1, -0.05) is 25.1 Å². The SMILES string of the molecule is CCNC(c1cc2cccc(C)c2o1)C1CCC(C)O1. The van der Waals surface area contributed by atoms with Crippen LogP contribution in [0.5, 0.6) is 0 Å². The van der Waals surface area contributed by atoms with Crippen LogP contribution in [0.1, 0.15) is 44.1 Å². The molecule has 0 amide bonds. The Hall–Kier alpha value is -1.32. The molecule has 1 aromatic carbocycles. The molecular weight excluding hydrogens is 250 g/mol. The van der Waals surface area contributed by atoms with Gasteiger partial charge in [0.2, 0.25) is 0 Å². The minimum atomic E-state index is 0.150. The zero-order valence-corrected chi connectivity index (χ0v) is 12.5. The molecule has 1 aliphatic heterocycles. The molecule has 0 aliphatic carbocycles. The van der Waals surface area contributed by atoms with Crippen molar-refractivity contribution in [3.63, 3.8) is 0 Å². The molecule has 20 heavy (non-hydrogen) atoms. The minimum Gasteiger partial charge on any atom is -0.459 e. The maximum absolute atomic E-state index is 6.12. The second-order valence-electron chi connectivity index (χ2n) is 5.74. The van der Waals surface area contributed by atoms with E-state index in [2.05, 4.69) is 50.4 Å². The summed E-state index contributed by atoms with van der Waals surface area (Å²) < 4.78 is 12.2. The smallest absolute Gasteiger partial charge is 0.137 e. The van der Waals surface area contributed by atoms with E-state index in [1.54, 1.807) is 0 Å². The summed E-state index contributed by atoms with van der Waals surface area (Å²) >= 11 is 0. The fraction of sp³-hybridized carbons (Fsp3) is 0.529. The van der Waals surface area contributed by atoms with Gasteiger partial charge in [-0.15, -0.1) is 0 Å². The van der Waals surface area contributed by atoms with E-state index in [4.69, 9.17) is 9.15 Å². The highest BCUT2D eigenvalue weighted by Gasteiger charge is 2.32. The van der Waals surface area contributed by atoms with Gasteiger partial charge in [-0.3, -0.25) is 0 Å². The standard InChI is InChI=1S/C17H23NO2/c1-4-18-16(14-9-8-12(3)19-14)15-10-13-7-5-6-11(2)17(13)20-15/h5-7,10,12,14,16,18H,4,8-9H2,1-3H3. The van der Waals surface area contributed by atoms with Crippen molar-refractivity contribution in [1.82, 2.24) is 5.32 Å². The normalized spacial score (nSPS) is 24.4. The molecule has 0 bridgehead atoms. The number of benzene rings is 1. The number of rotatable bonds is 4. The summed E-state index contributed by atoms with van der Waals surface area (Å²) in [6, 6.07) is 8.58. The van der Waals surface area contributed by atoms with Crippen LogP contribution in [-0.4, -0.2) is 18.8 Å². The molecular formula is C17H23NO2. The number of aryl methyl sites for hydroxylation is 1. The first-order valence-electron chi connectivity index (χ1n) is 7.57. The Morgan fingerprint density at radius 3 is 2.85 bits per heavy atom. The Morgan fingerprint density at radius 2 is 2.20 bits per heavy atom. The van der Waals surface area contributed by atoms with E-state index < -0.39 is 0 Å². The third kappa shape index (κ3) is 2.48.